The van der Waals surface area contributed by atoms with Gasteiger partial charge >= 0.3 is 0 Å². The lowest BCUT2D eigenvalue weighted by atomic mass is 9.93. The second kappa shape index (κ2) is 7.08. The van der Waals surface area contributed by atoms with Gasteiger partial charge in [-0.2, -0.15) is 0 Å². The monoisotopic (exact) mass is 328 g/mol. The largest absolute Gasteiger partial charge is 0.356 e. The number of amides is 1. The minimum Gasteiger partial charge on any atom is -0.356 e. The number of rotatable bonds is 5. The maximum absolute atomic E-state index is 12.2. The number of anilines is 1. The van der Waals surface area contributed by atoms with Crippen molar-refractivity contribution in [1.29, 1.82) is 0 Å². The Morgan fingerprint density at radius 2 is 1.88 bits per heavy atom. The fourth-order valence-corrected chi connectivity index (χ4v) is 4.06. The highest BCUT2D eigenvalue weighted by Gasteiger charge is 2.28. The Morgan fingerprint density at radius 3 is 2.58 bits per heavy atom. The first-order valence-electron chi connectivity index (χ1n) is 9.65. The van der Waals surface area contributed by atoms with Gasteiger partial charge in [0, 0.05) is 37.7 Å². The summed E-state index contributed by atoms with van der Waals surface area (Å²) in [5.74, 6) is 3.47. The summed E-state index contributed by atoms with van der Waals surface area (Å²) < 4.78 is 0. The second-order valence-corrected chi connectivity index (χ2v) is 7.73. The van der Waals surface area contributed by atoms with E-state index < -0.39 is 0 Å². The lowest BCUT2D eigenvalue weighted by Gasteiger charge is -2.32. The van der Waals surface area contributed by atoms with E-state index in [9.17, 15) is 4.79 Å². The normalized spacial score (nSPS) is 22.8. The van der Waals surface area contributed by atoms with Gasteiger partial charge < -0.3 is 10.2 Å². The van der Waals surface area contributed by atoms with Crippen molar-refractivity contribution in [3.63, 3.8) is 0 Å². The first-order chi connectivity index (χ1) is 11.8. The molecule has 4 rings (SSSR count). The van der Waals surface area contributed by atoms with Crippen LogP contribution < -0.4 is 10.2 Å². The molecule has 1 aromatic rings. The number of nitrogens with zero attached hydrogens (tertiary/aromatic N) is 3. The van der Waals surface area contributed by atoms with Crippen molar-refractivity contribution in [3.8, 4) is 0 Å². The van der Waals surface area contributed by atoms with Gasteiger partial charge in [0.05, 0.1) is 0 Å². The van der Waals surface area contributed by atoms with Crippen LogP contribution in [0.3, 0.4) is 0 Å². The lowest BCUT2D eigenvalue weighted by Crippen LogP contribution is -2.38. The number of hydrogen-bond donors (Lipinski definition) is 1. The number of carbonyl (C=O) groups is 1. The maximum atomic E-state index is 12.2. The van der Waals surface area contributed by atoms with Crippen molar-refractivity contribution in [3.05, 3.63) is 18.1 Å². The predicted molar refractivity (Wildman–Crippen MR) is 94.0 cm³/mol. The molecule has 0 spiro atoms. The molecule has 24 heavy (non-hydrogen) atoms. The number of aromatic nitrogens is 2. The maximum Gasteiger partial charge on any atom is 0.220 e. The summed E-state index contributed by atoms with van der Waals surface area (Å²) in [7, 11) is 0. The van der Waals surface area contributed by atoms with Gasteiger partial charge in [-0.25, -0.2) is 9.97 Å². The average Bonchev–Trinajstić information content (AvgIpc) is 3.34. The van der Waals surface area contributed by atoms with Gasteiger partial charge in [-0.05, 0) is 50.5 Å². The molecule has 0 aromatic carbocycles. The molecule has 2 heterocycles. The van der Waals surface area contributed by atoms with E-state index in [0.717, 1.165) is 37.6 Å². The summed E-state index contributed by atoms with van der Waals surface area (Å²) in [5.41, 5.74) is 0. The third-order valence-electron chi connectivity index (χ3n) is 5.73. The Hall–Kier alpha value is -1.65. The Balaban J connectivity index is 1.25. The van der Waals surface area contributed by atoms with Crippen LogP contribution in [0.15, 0.2) is 12.3 Å². The number of piperidine rings is 1. The van der Waals surface area contributed by atoms with Crippen LogP contribution in [-0.2, 0) is 4.79 Å². The summed E-state index contributed by atoms with van der Waals surface area (Å²) in [4.78, 5) is 23.7. The zero-order valence-electron chi connectivity index (χ0n) is 14.4. The minimum absolute atomic E-state index is 0.262. The van der Waals surface area contributed by atoms with E-state index >= 15 is 0 Å². The molecule has 0 bridgehead atoms. The Kier molecular flexibility index (Phi) is 4.67. The van der Waals surface area contributed by atoms with Crippen LogP contribution in [0.25, 0.3) is 0 Å². The molecule has 5 heteroatoms. The molecule has 2 saturated carbocycles. The van der Waals surface area contributed by atoms with Gasteiger partial charge in [-0.1, -0.05) is 12.8 Å². The Labute approximate surface area is 144 Å². The first-order valence-corrected chi connectivity index (χ1v) is 9.65. The van der Waals surface area contributed by atoms with Crippen LogP contribution in [0.2, 0.25) is 0 Å². The highest BCUT2D eigenvalue weighted by Crippen LogP contribution is 2.38. The van der Waals surface area contributed by atoms with Crippen LogP contribution in [0.4, 0.5) is 5.82 Å². The van der Waals surface area contributed by atoms with Crippen LogP contribution in [0, 0.1) is 5.92 Å². The first kappa shape index (κ1) is 15.9. The predicted octanol–water partition coefficient (Wildman–Crippen LogP) is 3.02. The van der Waals surface area contributed by atoms with Gasteiger partial charge in [-0.15, -0.1) is 0 Å². The summed E-state index contributed by atoms with van der Waals surface area (Å²) in [5, 5.41) is 3.22. The minimum atomic E-state index is 0.262. The molecule has 2 aliphatic carbocycles. The van der Waals surface area contributed by atoms with Gasteiger partial charge in [0.1, 0.15) is 11.6 Å². The number of hydrogen-bond acceptors (Lipinski definition) is 4. The van der Waals surface area contributed by atoms with E-state index in [0.29, 0.717) is 24.3 Å². The van der Waals surface area contributed by atoms with Crippen molar-refractivity contribution in [2.75, 3.05) is 18.0 Å². The molecule has 0 atom stereocenters. The van der Waals surface area contributed by atoms with Crippen molar-refractivity contribution >= 4 is 11.7 Å². The molecule has 5 nitrogen and oxygen atoms in total. The van der Waals surface area contributed by atoms with Crippen LogP contribution in [0.5, 0.6) is 0 Å². The fraction of sp³-hybridized carbons (Fsp3) is 0.737. The molecule has 1 saturated heterocycles. The molecule has 1 aliphatic heterocycles. The molecule has 1 amide bonds. The molecular formula is C19H28N4O. The third-order valence-corrected chi connectivity index (χ3v) is 5.73. The molecule has 0 unspecified atom stereocenters. The zero-order chi connectivity index (χ0) is 16.4. The van der Waals surface area contributed by atoms with E-state index in [1.807, 2.05) is 12.3 Å². The smallest absolute Gasteiger partial charge is 0.220 e. The SMILES string of the molecule is O=C(CC1CCN(c2ccnc(C3CC3)n2)CC1)NC1CCCC1. The highest BCUT2D eigenvalue weighted by molar-refractivity contribution is 5.76. The van der Waals surface area contributed by atoms with Gasteiger partial charge in [0.2, 0.25) is 5.91 Å². The average molecular weight is 328 g/mol. The lowest BCUT2D eigenvalue weighted by molar-refractivity contribution is -0.122. The summed E-state index contributed by atoms with van der Waals surface area (Å²) in [6.45, 7) is 2.00. The molecule has 130 valence electrons. The van der Waals surface area contributed by atoms with Crippen molar-refractivity contribution in [2.24, 2.45) is 5.92 Å². The Bertz CT molecular complexity index is 572. The molecule has 3 aliphatic rings. The van der Waals surface area contributed by atoms with E-state index in [2.05, 4.69) is 15.2 Å². The van der Waals surface area contributed by atoms with E-state index in [-0.39, 0.29) is 5.91 Å². The summed E-state index contributed by atoms with van der Waals surface area (Å²) in [6.07, 6.45) is 12.1. The van der Waals surface area contributed by atoms with Gasteiger partial charge in [0.25, 0.3) is 0 Å². The van der Waals surface area contributed by atoms with E-state index in [1.54, 1.807) is 0 Å². The topological polar surface area (TPSA) is 58.1 Å². The quantitative estimate of drug-likeness (QED) is 0.902. The third kappa shape index (κ3) is 3.87. The zero-order valence-corrected chi connectivity index (χ0v) is 14.4. The number of carbonyl (C=O) groups excluding carboxylic acids is 1. The molecular weight excluding hydrogens is 300 g/mol. The molecule has 3 fully saturated rings. The summed E-state index contributed by atoms with van der Waals surface area (Å²) in [6, 6.07) is 2.47. The second-order valence-electron chi connectivity index (χ2n) is 7.73. The van der Waals surface area contributed by atoms with Crippen LogP contribution in [-0.4, -0.2) is 35.0 Å². The molecule has 0 radical (unpaired) electrons. The van der Waals surface area contributed by atoms with Crippen molar-refractivity contribution < 1.29 is 4.79 Å². The molecule has 1 N–H and O–H groups in total. The van der Waals surface area contributed by atoms with Crippen molar-refractivity contribution in [2.45, 2.75) is 69.7 Å². The van der Waals surface area contributed by atoms with Gasteiger partial charge in [-0.3, -0.25) is 4.79 Å². The van der Waals surface area contributed by atoms with E-state index in [4.69, 9.17) is 4.98 Å². The number of nitrogens with one attached hydrogen (secondary N) is 1. The van der Waals surface area contributed by atoms with Gasteiger partial charge in [0.15, 0.2) is 0 Å². The summed E-state index contributed by atoms with van der Waals surface area (Å²) >= 11 is 0. The van der Waals surface area contributed by atoms with E-state index in [1.165, 1.54) is 38.5 Å². The Morgan fingerprint density at radius 1 is 1.12 bits per heavy atom. The molecule has 1 aromatic heterocycles. The standard InChI is InChI=1S/C19H28N4O/c24-18(21-16-3-1-2-4-16)13-14-8-11-23(12-9-14)17-7-10-20-19(22-17)15-5-6-15/h7,10,14-16H,1-6,8-9,11-13H2,(H,21,24). The van der Waals surface area contributed by atoms with Crippen LogP contribution in [0.1, 0.15) is 69.5 Å². The highest BCUT2D eigenvalue weighted by atomic mass is 16.1. The van der Waals surface area contributed by atoms with Crippen molar-refractivity contribution in [1.82, 2.24) is 15.3 Å². The fourth-order valence-electron chi connectivity index (χ4n) is 4.06. The van der Waals surface area contributed by atoms with Crippen LogP contribution >= 0.6 is 0 Å².